The molecule has 1 fully saturated rings. The predicted octanol–water partition coefficient (Wildman–Crippen LogP) is 3.23. The van der Waals surface area contributed by atoms with Gasteiger partial charge in [0.15, 0.2) is 0 Å². The van der Waals surface area contributed by atoms with Crippen LogP contribution in [0.4, 0.5) is 13.2 Å². The second-order valence-corrected chi connectivity index (χ2v) is 4.70. The SMILES string of the molecule is FC(F)(F)C1CCCC(NCc2cc[nH]c2)C1. The molecule has 0 radical (unpaired) electrons. The van der Waals surface area contributed by atoms with Gasteiger partial charge in [0.05, 0.1) is 5.92 Å². The van der Waals surface area contributed by atoms with Crippen molar-refractivity contribution >= 4 is 0 Å². The summed E-state index contributed by atoms with van der Waals surface area (Å²) in [5.41, 5.74) is 1.08. The van der Waals surface area contributed by atoms with Gasteiger partial charge in [0, 0.05) is 25.0 Å². The molecule has 2 N–H and O–H groups in total. The number of aromatic nitrogens is 1. The molecule has 1 aliphatic rings. The number of hydrogen-bond acceptors (Lipinski definition) is 1. The lowest BCUT2D eigenvalue weighted by Crippen LogP contribution is -2.38. The summed E-state index contributed by atoms with van der Waals surface area (Å²) in [6, 6.07) is 1.92. The molecule has 0 aliphatic heterocycles. The summed E-state index contributed by atoms with van der Waals surface area (Å²) in [6.07, 6.45) is 1.65. The third-order valence-electron chi connectivity index (χ3n) is 3.39. The van der Waals surface area contributed by atoms with Crippen LogP contribution in [0.2, 0.25) is 0 Å². The van der Waals surface area contributed by atoms with Crippen molar-refractivity contribution in [3.05, 3.63) is 24.0 Å². The highest BCUT2D eigenvalue weighted by atomic mass is 19.4. The maximum Gasteiger partial charge on any atom is 0.391 e. The Hall–Kier alpha value is -0.970. The molecule has 0 bridgehead atoms. The van der Waals surface area contributed by atoms with Gasteiger partial charge in [-0.05, 0) is 30.9 Å². The lowest BCUT2D eigenvalue weighted by molar-refractivity contribution is -0.183. The first-order valence-electron chi connectivity index (χ1n) is 5.97. The second kappa shape index (κ2) is 5.12. The zero-order valence-corrected chi connectivity index (χ0v) is 9.56. The third kappa shape index (κ3) is 3.49. The van der Waals surface area contributed by atoms with E-state index in [1.807, 2.05) is 18.5 Å². The van der Waals surface area contributed by atoms with Crippen LogP contribution in [0.1, 0.15) is 31.2 Å². The molecule has 0 saturated heterocycles. The molecule has 1 aromatic rings. The first-order valence-corrected chi connectivity index (χ1v) is 5.97. The van der Waals surface area contributed by atoms with Gasteiger partial charge in [-0.2, -0.15) is 13.2 Å². The van der Waals surface area contributed by atoms with E-state index in [-0.39, 0.29) is 18.9 Å². The molecule has 2 atom stereocenters. The number of alkyl halides is 3. The van der Waals surface area contributed by atoms with E-state index < -0.39 is 12.1 Å². The fraction of sp³-hybridized carbons (Fsp3) is 0.667. The number of hydrogen-bond donors (Lipinski definition) is 2. The molecule has 1 aliphatic carbocycles. The summed E-state index contributed by atoms with van der Waals surface area (Å²) in [5.74, 6) is -1.13. The topological polar surface area (TPSA) is 27.8 Å². The van der Waals surface area contributed by atoms with Crippen LogP contribution in [0, 0.1) is 5.92 Å². The molecule has 17 heavy (non-hydrogen) atoms. The Bertz CT molecular complexity index is 332. The Morgan fingerprint density at radius 2 is 2.18 bits per heavy atom. The Kier molecular flexibility index (Phi) is 3.76. The molecule has 0 aromatic carbocycles. The minimum atomic E-state index is -4.03. The maximum absolute atomic E-state index is 12.6. The van der Waals surface area contributed by atoms with E-state index in [0.29, 0.717) is 13.0 Å². The van der Waals surface area contributed by atoms with Gasteiger partial charge in [0.25, 0.3) is 0 Å². The van der Waals surface area contributed by atoms with Gasteiger partial charge in [-0.3, -0.25) is 0 Å². The fourth-order valence-electron chi connectivity index (χ4n) is 2.40. The van der Waals surface area contributed by atoms with Crippen molar-refractivity contribution in [2.75, 3.05) is 0 Å². The highest BCUT2D eigenvalue weighted by molar-refractivity contribution is 5.07. The number of aromatic amines is 1. The van der Waals surface area contributed by atoms with E-state index >= 15 is 0 Å². The van der Waals surface area contributed by atoms with E-state index in [0.717, 1.165) is 12.0 Å². The molecule has 1 heterocycles. The minimum absolute atomic E-state index is 0.00900. The van der Waals surface area contributed by atoms with Gasteiger partial charge in [-0.15, -0.1) is 0 Å². The highest BCUT2D eigenvalue weighted by Crippen LogP contribution is 2.37. The van der Waals surface area contributed by atoms with Crippen molar-refractivity contribution in [2.45, 2.75) is 44.4 Å². The van der Waals surface area contributed by atoms with Gasteiger partial charge in [0.2, 0.25) is 0 Å². The van der Waals surface area contributed by atoms with Crippen LogP contribution in [0.5, 0.6) is 0 Å². The van der Waals surface area contributed by atoms with Crippen molar-refractivity contribution in [1.29, 1.82) is 0 Å². The fourth-order valence-corrected chi connectivity index (χ4v) is 2.40. The van der Waals surface area contributed by atoms with Crippen molar-refractivity contribution in [1.82, 2.24) is 10.3 Å². The van der Waals surface area contributed by atoms with Crippen LogP contribution in [-0.4, -0.2) is 17.2 Å². The molecule has 5 heteroatoms. The van der Waals surface area contributed by atoms with Crippen LogP contribution in [0.25, 0.3) is 0 Å². The summed E-state index contributed by atoms with van der Waals surface area (Å²) in [6.45, 7) is 0.638. The van der Waals surface area contributed by atoms with Crippen molar-refractivity contribution in [3.63, 3.8) is 0 Å². The van der Waals surface area contributed by atoms with Gasteiger partial charge in [-0.25, -0.2) is 0 Å². The quantitative estimate of drug-likeness (QED) is 0.842. The number of nitrogens with one attached hydrogen (secondary N) is 2. The third-order valence-corrected chi connectivity index (χ3v) is 3.39. The summed E-state index contributed by atoms with van der Waals surface area (Å²) in [7, 11) is 0. The molecular formula is C12H17F3N2. The summed E-state index contributed by atoms with van der Waals surface area (Å²) in [4.78, 5) is 2.93. The minimum Gasteiger partial charge on any atom is -0.367 e. The summed E-state index contributed by atoms with van der Waals surface area (Å²) in [5, 5.41) is 3.21. The smallest absolute Gasteiger partial charge is 0.367 e. The van der Waals surface area contributed by atoms with E-state index in [1.165, 1.54) is 0 Å². The molecular weight excluding hydrogens is 229 g/mol. The van der Waals surface area contributed by atoms with Crippen LogP contribution >= 0.6 is 0 Å². The summed E-state index contributed by atoms with van der Waals surface area (Å²) < 4.78 is 37.8. The largest absolute Gasteiger partial charge is 0.391 e. The lowest BCUT2D eigenvalue weighted by atomic mass is 9.85. The van der Waals surface area contributed by atoms with Gasteiger partial charge >= 0.3 is 6.18 Å². The van der Waals surface area contributed by atoms with Crippen molar-refractivity contribution in [3.8, 4) is 0 Å². The van der Waals surface area contributed by atoms with Crippen LogP contribution < -0.4 is 5.32 Å². The van der Waals surface area contributed by atoms with E-state index in [1.54, 1.807) is 0 Å². The van der Waals surface area contributed by atoms with Crippen molar-refractivity contribution < 1.29 is 13.2 Å². The maximum atomic E-state index is 12.6. The Morgan fingerprint density at radius 1 is 1.35 bits per heavy atom. The molecule has 2 unspecified atom stereocenters. The average molecular weight is 246 g/mol. The second-order valence-electron chi connectivity index (χ2n) is 4.70. The van der Waals surface area contributed by atoms with Crippen molar-refractivity contribution in [2.24, 2.45) is 5.92 Å². The van der Waals surface area contributed by atoms with Crippen LogP contribution in [-0.2, 0) is 6.54 Å². The molecule has 1 aromatic heterocycles. The highest BCUT2D eigenvalue weighted by Gasteiger charge is 2.41. The average Bonchev–Trinajstić information content (AvgIpc) is 2.78. The Labute approximate surface area is 98.6 Å². The van der Waals surface area contributed by atoms with Crippen LogP contribution in [0.3, 0.4) is 0 Å². The zero-order chi connectivity index (χ0) is 12.3. The molecule has 1 saturated carbocycles. The van der Waals surface area contributed by atoms with Gasteiger partial charge in [-0.1, -0.05) is 6.42 Å². The summed E-state index contributed by atoms with van der Waals surface area (Å²) >= 11 is 0. The van der Waals surface area contributed by atoms with Gasteiger partial charge in [0.1, 0.15) is 0 Å². The van der Waals surface area contributed by atoms with E-state index in [4.69, 9.17) is 0 Å². The Balaban J connectivity index is 1.81. The van der Waals surface area contributed by atoms with Crippen LogP contribution in [0.15, 0.2) is 18.5 Å². The molecule has 2 nitrogen and oxygen atoms in total. The molecule has 96 valence electrons. The van der Waals surface area contributed by atoms with E-state index in [2.05, 4.69) is 10.3 Å². The Morgan fingerprint density at radius 3 is 2.82 bits per heavy atom. The first-order chi connectivity index (χ1) is 8.05. The number of halogens is 3. The monoisotopic (exact) mass is 246 g/mol. The molecule has 2 rings (SSSR count). The first kappa shape index (κ1) is 12.5. The zero-order valence-electron chi connectivity index (χ0n) is 9.56. The lowest BCUT2D eigenvalue weighted by Gasteiger charge is -2.31. The number of rotatable bonds is 3. The molecule has 0 spiro atoms. The molecule has 0 amide bonds. The normalized spacial score (nSPS) is 26.1. The standard InChI is InChI=1S/C12H17F3N2/c13-12(14,15)10-2-1-3-11(6-10)17-8-9-4-5-16-7-9/h4-5,7,10-11,16-17H,1-3,6,8H2. The van der Waals surface area contributed by atoms with Gasteiger partial charge < -0.3 is 10.3 Å². The number of H-pyrrole nitrogens is 1. The van der Waals surface area contributed by atoms with E-state index in [9.17, 15) is 13.2 Å². The predicted molar refractivity (Wildman–Crippen MR) is 59.4 cm³/mol.